The Kier molecular flexibility index (Phi) is 7.00. The van der Waals surface area contributed by atoms with Gasteiger partial charge in [-0.15, -0.1) is 0 Å². The van der Waals surface area contributed by atoms with Crippen molar-refractivity contribution >= 4 is 40.0 Å². The summed E-state index contributed by atoms with van der Waals surface area (Å²) in [5.74, 6) is -3.99. The number of hydrogen-bond donors (Lipinski definition) is 2. The van der Waals surface area contributed by atoms with Crippen LogP contribution in [-0.2, 0) is 24.8 Å². The number of fused-ring (bicyclic) bond motifs is 1. The number of hydrogen-bond acceptors (Lipinski definition) is 5. The lowest BCUT2D eigenvalue weighted by Gasteiger charge is -2.21. The maximum absolute atomic E-state index is 14.5. The third kappa shape index (κ3) is 6.11. The Morgan fingerprint density at radius 1 is 1.03 bits per heavy atom. The first kappa shape index (κ1) is 26.2. The number of carbonyl (C=O) groups is 1. The van der Waals surface area contributed by atoms with Crippen LogP contribution in [0.3, 0.4) is 0 Å². The van der Waals surface area contributed by atoms with E-state index in [4.69, 9.17) is 11.6 Å². The van der Waals surface area contributed by atoms with E-state index in [1.165, 1.54) is 10.8 Å². The van der Waals surface area contributed by atoms with Gasteiger partial charge in [0.05, 0.1) is 29.2 Å². The van der Waals surface area contributed by atoms with Gasteiger partial charge in [-0.1, -0.05) is 11.6 Å². The molecule has 0 radical (unpaired) electrons. The molecule has 0 aliphatic carbocycles. The second-order valence-corrected chi connectivity index (χ2v) is 10.1. The summed E-state index contributed by atoms with van der Waals surface area (Å²) in [7, 11) is 1.76. The second kappa shape index (κ2) is 9.89. The molecule has 37 heavy (non-hydrogen) atoms. The van der Waals surface area contributed by atoms with Gasteiger partial charge in [-0.25, -0.2) is 13.2 Å². The molecule has 0 aliphatic heterocycles. The van der Waals surface area contributed by atoms with E-state index in [1.807, 2.05) is 0 Å². The van der Waals surface area contributed by atoms with Crippen molar-refractivity contribution in [2.75, 3.05) is 5.32 Å². The summed E-state index contributed by atoms with van der Waals surface area (Å²) in [5, 5.41) is 11.0. The number of halogens is 4. The summed E-state index contributed by atoms with van der Waals surface area (Å²) in [4.78, 5) is 29.3. The number of anilines is 2. The smallest absolute Gasteiger partial charge is 0.278 e. The Balaban J connectivity index is 1.77. The first-order chi connectivity index (χ1) is 17.3. The molecule has 194 valence electrons. The molecule has 2 N–H and O–H groups in total. The Labute approximate surface area is 215 Å². The number of nitrogens with zero attached hydrogens (tertiary/aromatic N) is 4. The minimum absolute atomic E-state index is 0.0316. The first-order valence-corrected chi connectivity index (χ1v) is 11.6. The summed E-state index contributed by atoms with van der Waals surface area (Å²) in [5.41, 5.74) is -0.344. The van der Waals surface area contributed by atoms with Crippen molar-refractivity contribution < 1.29 is 18.0 Å². The van der Waals surface area contributed by atoms with Gasteiger partial charge in [0.15, 0.2) is 11.6 Å². The molecule has 0 aliphatic rings. The number of aromatic nitrogens is 4. The molecule has 0 fully saturated rings. The van der Waals surface area contributed by atoms with Crippen molar-refractivity contribution in [1.29, 1.82) is 0 Å². The molecule has 8 nitrogen and oxygen atoms in total. The van der Waals surface area contributed by atoms with Gasteiger partial charge < -0.3 is 15.2 Å². The highest BCUT2D eigenvalue weighted by Gasteiger charge is 2.19. The first-order valence-electron chi connectivity index (χ1n) is 11.2. The monoisotopic (exact) mass is 532 g/mol. The maximum atomic E-state index is 14.5. The van der Waals surface area contributed by atoms with Gasteiger partial charge in [-0.2, -0.15) is 10.1 Å². The molecule has 4 rings (SSSR count). The van der Waals surface area contributed by atoms with E-state index in [0.29, 0.717) is 17.3 Å². The lowest BCUT2D eigenvalue weighted by molar-refractivity contribution is -0.121. The van der Waals surface area contributed by atoms with Gasteiger partial charge in [0.25, 0.3) is 5.56 Å². The second-order valence-electron chi connectivity index (χ2n) is 9.67. The molecular formula is C25H24ClF3N6O2. The van der Waals surface area contributed by atoms with Crippen LogP contribution in [0.5, 0.6) is 0 Å². The van der Waals surface area contributed by atoms with Gasteiger partial charge in [0.1, 0.15) is 5.82 Å². The summed E-state index contributed by atoms with van der Waals surface area (Å²) >= 11 is 6.41. The zero-order valence-corrected chi connectivity index (χ0v) is 21.3. The molecule has 0 saturated heterocycles. The molecule has 2 heterocycles. The number of benzene rings is 2. The molecule has 12 heteroatoms. The number of aryl methyl sites for hydroxylation is 1. The van der Waals surface area contributed by atoms with Gasteiger partial charge >= 0.3 is 0 Å². The molecule has 4 aromatic rings. The molecule has 1 amide bonds. The van der Waals surface area contributed by atoms with Crippen LogP contribution in [0.15, 0.2) is 41.5 Å². The summed E-state index contributed by atoms with van der Waals surface area (Å²) in [6.07, 6.45) is 2.81. The summed E-state index contributed by atoms with van der Waals surface area (Å²) in [6.45, 7) is 5.06. The van der Waals surface area contributed by atoms with E-state index in [2.05, 4.69) is 20.7 Å². The summed E-state index contributed by atoms with van der Waals surface area (Å²) in [6, 6.07) is 4.50. The third-order valence-electron chi connectivity index (χ3n) is 5.32. The van der Waals surface area contributed by atoms with Crippen LogP contribution in [0, 0.1) is 17.5 Å². The van der Waals surface area contributed by atoms with E-state index in [0.717, 1.165) is 11.5 Å². The lowest BCUT2D eigenvalue weighted by atomic mass is 10.1. The Hall–Kier alpha value is -3.86. The minimum atomic E-state index is -1.33. The van der Waals surface area contributed by atoms with Crippen LogP contribution in [-0.4, -0.2) is 30.8 Å². The van der Waals surface area contributed by atoms with Gasteiger partial charge in [0.2, 0.25) is 11.9 Å². The predicted octanol–water partition coefficient (Wildman–Crippen LogP) is 4.45. The highest BCUT2D eigenvalue weighted by atomic mass is 35.5. The molecular weight excluding hydrogens is 509 g/mol. The van der Waals surface area contributed by atoms with Crippen molar-refractivity contribution in [3.05, 3.63) is 80.6 Å². The van der Waals surface area contributed by atoms with Crippen molar-refractivity contribution in [3.8, 4) is 0 Å². The number of rotatable bonds is 6. The van der Waals surface area contributed by atoms with Crippen LogP contribution in [0.2, 0.25) is 5.02 Å². The van der Waals surface area contributed by atoms with Crippen LogP contribution >= 0.6 is 11.6 Å². The molecule has 2 aromatic carbocycles. The Bertz CT molecular complexity index is 1580. The van der Waals surface area contributed by atoms with E-state index in [9.17, 15) is 22.8 Å². The topological polar surface area (TPSA) is 93.8 Å². The average Bonchev–Trinajstić information content (AvgIpc) is 3.12. The largest absolute Gasteiger partial charge is 0.351 e. The van der Waals surface area contributed by atoms with Gasteiger partial charge in [0, 0.05) is 47.6 Å². The standard InChI is InChI=1S/C25H24ClF3N6O2/c1-25(2,3)32-22(36)7-15-12-35(11-13-5-18(28)19(29)9-17(13)27)24(31-23(15)37)30-21-6-14-10-34(4)33-20(14)8-16(21)26/h5-6,8-10,12H,7,11H2,1-4H3,(H,32,36)(H,30,31,37). The van der Waals surface area contributed by atoms with E-state index < -0.39 is 34.5 Å². The molecule has 0 atom stereocenters. The van der Waals surface area contributed by atoms with E-state index in [-0.39, 0.29) is 35.1 Å². The number of nitrogens with one attached hydrogen (secondary N) is 2. The molecule has 0 saturated carbocycles. The Morgan fingerprint density at radius 3 is 2.43 bits per heavy atom. The highest BCUT2D eigenvalue weighted by molar-refractivity contribution is 6.34. The van der Waals surface area contributed by atoms with Crippen LogP contribution < -0.4 is 16.2 Å². The number of amides is 1. The SMILES string of the molecule is Cn1cc2cc(Nc3nc(=O)c(CC(=O)NC(C)(C)C)cn3Cc3cc(F)c(F)cc3F)c(Cl)cc2n1. The van der Waals surface area contributed by atoms with Crippen LogP contribution in [0.25, 0.3) is 10.9 Å². The van der Waals surface area contributed by atoms with Gasteiger partial charge in [-0.05, 0) is 39.0 Å². The van der Waals surface area contributed by atoms with Crippen molar-refractivity contribution in [1.82, 2.24) is 24.6 Å². The molecule has 0 bridgehead atoms. The average molecular weight is 533 g/mol. The highest BCUT2D eigenvalue weighted by Crippen LogP contribution is 2.30. The predicted molar refractivity (Wildman–Crippen MR) is 135 cm³/mol. The fourth-order valence-corrected chi connectivity index (χ4v) is 3.97. The lowest BCUT2D eigenvalue weighted by Crippen LogP contribution is -2.42. The Morgan fingerprint density at radius 2 is 1.73 bits per heavy atom. The zero-order valence-electron chi connectivity index (χ0n) is 20.5. The van der Waals surface area contributed by atoms with E-state index >= 15 is 0 Å². The fourth-order valence-electron chi connectivity index (χ4n) is 3.77. The summed E-state index contributed by atoms with van der Waals surface area (Å²) < 4.78 is 44.8. The van der Waals surface area contributed by atoms with Crippen molar-refractivity contribution in [2.45, 2.75) is 39.3 Å². The maximum Gasteiger partial charge on any atom is 0.278 e. The fraction of sp³-hybridized carbons (Fsp3) is 0.280. The van der Waals surface area contributed by atoms with Crippen LogP contribution in [0.1, 0.15) is 31.9 Å². The molecule has 2 aromatic heterocycles. The molecule has 0 spiro atoms. The van der Waals surface area contributed by atoms with Crippen molar-refractivity contribution in [2.24, 2.45) is 7.05 Å². The zero-order chi connectivity index (χ0) is 27.1. The van der Waals surface area contributed by atoms with E-state index in [1.54, 1.807) is 50.8 Å². The van der Waals surface area contributed by atoms with Gasteiger partial charge in [-0.3, -0.25) is 14.3 Å². The van der Waals surface area contributed by atoms with Crippen LogP contribution in [0.4, 0.5) is 24.8 Å². The minimum Gasteiger partial charge on any atom is -0.351 e. The third-order valence-corrected chi connectivity index (χ3v) is 5.63. The molecule has 0 unspecified atom stereocenters. The van der Waals surface area contributed by atoms with Crippen molar-refractivity contribution in [3.63, 3.8) is 0 Å². The quantitative estimate of drug-likeness (QED) is 0.358. The normalized spacial score (nSPS) is 11.7. The number of carbonyl (C=O) groups excluding carboxylic acids is 1.